The fraction of sp³-hybridized carbons (Fsp3) is 0.846. The molecule has 0 amide bonds. The molecule has 0 saturated heterocycles. The molecule has 0 unspecified atom stereocenters. The molecule has 1 atom stereocenters. The van der Waals surface area contributed by atoms with Crippen molar-refractivity contribution in [2.75, 3.05) is 0 Å². The molecule has 0 rings (SSSR count). The molecule has 0 heterocycles. The maximum Gasteiger partial charge on any atom is -0.0181 e. The van der Waals surface area contributed by atoms with Crippen LogP contribution in [0.2, 0.25) is 0 Å². The van der Waals surface area contributed by atoms with Gasteiger partial charge in [0, 0.05) is 0 Å². The van der Waals surface area contributed by atoms with E-state index in [2.05, 4.69) is 41.5 Å². The van der Waals surface area contributed by atoms with E-state index in [0.29, 0.717) is 0 Å². The molecule has 0 fully saturated rings. The second kappa shape index (κ2) is 7.17. The van der Waals surface area contributed by atoms with Gasteiger partial charge in [0.1, 0.15) is 0 Å². The Kier molecular flexibility index (Phi) is 8.40. The average Bonchev–Trinajstić information content (AvgIpc) is 1.98. The van der Waals surface area contributed by atoms with Crippen LogP contribution < -0.4 is 0 Å². The van der Waals surface area contributed by atoms with Gasteiger partial charge < -0.3 is 0 Å². The minimum absolute atomic E-state index is 0. The monoisotopic (exact) mass is 184 g/mol. The maximum absolute atomic E-state index is 2.33. The van der Waals surface area contributed by atoms with Gasteiger partial charge >= 0.3 is 0 Å². The highest BCUT2D eigenvalue weighted by Gasteiger charge is 2.14. The highest BCUT2D eigenvalue weighted by atomic mass is 14.2. The van der Waals surface area contributed by atoms with E-state index < -0.39 is 0 Å². The molecule has 0 aromatic heterocycles. The van der Waals surface area contributed by atoms with E-state index in [0.717, 1.165) is 11.8 Å². The van der Waals surface area contributed by atoms with Crippen LogP contribution in [0.4, 0.5) is 0 Å². The quantitative estimate of drug-likeness (QED) is 0.536. The minimum atomic E-state index is 0. The summed E-state index contributed by atoms with van der Waals surface area (Å²) in [5.41, 5.74) is 3.11. The van der Waals surface area contributed by atoms with Crippen LogP contribution in [-0.2, 0) is 0 Å². The molecule has 0 saturated carbocycles. The Labute approximate surface area is 85.4 Å². The summed E-state index contributed by atoms with van der Waals surface area (Å²) >= 11 is 0. The lowest BCUT2D eigenvalue weighted by Gasteiger charge is -2.22. The summed E-state index contributed by atoms with van der Waals surface area (Å²) < 4.78 is 0. The van der Waals surface area contributed by atoms with Gasteiger partial charge in [0.05, 0.1) is 0 Å². The molecule has 80 valence electrons. The molecule has 0 aliphatic carbocycles. The summed E-state index contributed by atoms with van der Waals surface area (Å²) in [4.78, 5) is 0. The van der Waals surface area contributed by atoms with E-state index >= 15 is 0 Å². The van der Waals surface area contributed by atoms with Gasteiger partial charge in [0.2, 0.25) is 0 Å². The maximum atomic E-state index is 2.33. The Hall–Kier alpha value is -0.260. The van der Waals surface area contributed by atoms with Gasteiger partial charge in [-0.1, -0.05) is 45.8 Å². The lowest BCUT2D eigenvalue weighted by Crippen LogP contribution is -2.10. The van der Waals surface area contributed by atoms with Crippen LogP contribution in [0.5, 0.6) is 0 Å². The van der Waals surface area contributed by atoms with Crippen LogP contribution in [0.1, 0.15) is 61.8 Å². The van der Waals surface area contributed by atoms with E-state index in [1.165, 1.54) is 18.4 Å². The molecular weight excluding hydrogens is 156 g/mol. The first-order chi connectivity index (χ1) is 5.50. The lowest BCUT2D eigenvalue weighted by atomic mass is 9.83. The van der Waals surface area contributed by atoms with Crippen LogP contribution in [0, 0.1) is 11.8 Å². The molecule has 0 aliphatic heterocycles. The first-order valence-electron chi connectivity index (χ1n) is 5.14. The number of allylic oxidation sites excluding steroid dienone is 2. The Morgan fingerprint density at radius 3 is 1.77 bits per heavy atom. The van der Waals surface area contributed by atoms with Crippen molar-refractivity contribution in [2.24, 2.45) is 11.8 Å². The van der Waals surface area contributed by atoms with Crippen molar-refractivity contribution in [3.63, 3.8) is 0 Å². The van der Waals surface area contributed by atoms with Crippen molar-refractivity contribution in [3.05, 3.63) is 11.1 Å². The first-order valence-corrected chi connectivity index (χ1v) is 5.14. The molecule has 0 bridgehead atoms. The van der Waals surface area contributed by atoms with Gasteiger partial charge in [-0.15, -0.1) is 0 Å². The highest BCUT2D eigenvalue weighted by molar-refractivity contribution is 5.11. The Morgan fingerprint density at radius 2 is 1.54 bits per heavy atom. The summed E-state index contributed by atoms with van der Waals surface area (Å²) in [5.74, 6) is 1.60. The molecule has 0 heteroatoms. The van der Waals surface area contributed by atoms with Crippen molar-refractivity contribution in [3.8, 4) is 0 Å². The minimum Gasteiger partial charge on any atom is -0.0776 e. The van der Waals surface area contributed by atoms with E-state index in [9.17, 15) is 0 Å². The summed E-state index contributed by atoms with van der Waals surface area (Å²) in [6.45, 7) is 13.7. The van der Waals surface area contributed by atoms with Gasteiger partial charge in [-0.05, 0) is 39.0 Å². The molecule has 0 nitrogen and oxygen atoms in total. The summed E-state index contributed by atoms with van der Waals surface area (Å²) in [7, 11) is 0. The highest BCUT2D eigenvalue weighted by Crippen LogP contribution is 2.27. The second-order valence-corrected chi connectivity index (χ2v) is 4.32. The van der Waals surface area contributed by atoms with Gasteiger partial charge in [0.15, 0.2) is 0 Å². The molecule has 0 aliphatic rings. The molecule has 13 heavy (non-hydrogen) atoms. The van der Waals surface area contributed by atoms with Crippen LogP contribution in [0.25, 0.3) is 0 Å². The number of hydrogen-bond acceptors (Lipinski definition) is 0. The van der Waals surface area contributed by atoms with Crippen LogP contribution >= 0.6 is 0 Å². The van der Waals surface area contributed by atoms with Crippen LogP contribution in [-0.4, -0.2) is 0 Å². The lowest BCUT2D eigenvalue weighted by molar-refractivity contribution is 0.408. The Balaban J connectivity index is 0. The predicted molar refractivity (Wildman–Crippen MR) is 64.0 cm³/mol. The summed E-state index contributed by atoms with van der Waals surface area (Å²) in [5, 5.41) is 0. The van der Waals surface area contributed by atoms with Crippen LogP contribution in [0.15, 0.2) is 11.1 Å². The normalized spacial score (nSPS) is 12.2. The Morgan fingerprint density at radius 1 is 1.08 bits per heavy atom. The number of rotatable bonds is 4. The molecule has 0 aromatic carbocycles. The van der Waals surface area contributed by atoms with Crippen molar-refractivity contribution in [1.82, 2.24) is 0 Å². The van der Waals surface area contributed by atoms with Gasteiger partial charge in [-0.3, -0.25) is 0 Å². The predicted octanol–water partition coefficient (Wildman–Crippen LogP) is 5.05. The van der Waals surface area contributed by atoms with Crippen molar-refractivity contribution < 1.29 is 0 Å². The topological polar surface area (TPSA) is 0 Å². The smallest absolute Gasteiger partial charge is 0.0181 e. The second-order valence-electron chi connectivity index (χ2n) is 4.32. The van der Waals surface area contributed by atoms with Gasteiger partial charge in [-0.2, -0.15) is 0 Å². The zero-order valence-electron chi connectivity index (χ0n) is 9.57. The van der Waals surface area contributed by atoms with Crippen LogP contribution in [0.3, 0.4) is 0 Å². The van der Waals surface area contributed by atoms with Crippen molar-refractivity contribution in [1.29, 1.82) is 0 Å². The van der Waals surface area contributed by atoms with E-state index in [4.69, 9.17) is 0 Å². The van der Waals surface area contributed by atoms with E-state index in [1.807, 2.05) is 0 Å². The fourth-order valence-electron chi connectivity index (χ4n) is 1.73. The fourth-order valence-corrected chi connectivity index (χ4v) is 1.73. The Bertz CT molecular complexity index is 147. The van der Waals surface area contributed by atoms with Gasteiger partial charge in [-0.25, -0.2) is 0 Å². The summed E-state index contributed by atoms with van der Waals surface area (Å²) in [6.07, 6.45) is 2.64. The van der Waals surface area contributed by atoms with E-state index in [1.54, 1.807) is 5.57 Å². The van der Waals surface area contributed by atoms with Gasteiger partial charge in [0.25, 0.3) is 0 Å². The molecular formula is C13H28. The molecule has 0 aromatic rings. The SMILES string of the molecule is C.CCC[C@@H](C(C)=C(C)C)C(C)C. The third-order valence-electron chi connectivity index (χ3n) is 2.75. The number of hydrogen-bond donors (Lipinski definition) is 0. The van der Waals surface area contributed by atoms with Crippen molar-refractivity contribution >= 4 is 0 Å². The average molecular weight is 184 g/mol. The zero-order chi connectivity index (χ0) is 9.72. The van der Waals surface area contributed by atoms with Crippen molar-refractivity contribution in [2.45, 2.75) is 61.8 Å². The third-order valence-corrected chi connectivity index (χ3v) is 2.75. The molecule has 0 spiro atoms. The zero-order valence-corrected chi connectivity index (χ0v) is 9.57. The standard InChI is InChI=1S/C12H24.CH4/c1-7-8-12(10(4)5)11(6)9(2)3;/h10,12H,7-8H2,1-6H3;1H4/t12-;/m1./s1. The molecule has 0 N–H and O–H groups in total. The van der Waals surface area contributed by atoms with E-state index in [-0.39, 0.29) is 7.43 Å². The summed E-state index contributed by atoms with van der Waals surface area (Å²) in [6, 6.07) is 0. The first kappa shape index (κ1) is 15.2. The molecule has 0 radical (unpaired) electrons. The third kappa shape index (κ3) is 5.13. The largest absolute Gasteiger partial charge is 0.0776 e.